The first-order valence-corrected chi connectivity index (χ1v) is 13.9. The van der Waals surface area contributed by atoms with Gasteiger partial charge in [-0.05, 0) is 90.8 Å². The molecule has 5 nitrogen and oxygen atoms in total. The Bertz CT molecular complexity index is 1550. The molecule has 0 saturated heterocycles. The molecule has 3 aromatic carbocycles. The third-order valence-electron chi connectivity index (χ3n) is 7.90. The molecule has 0 bridgehead atoms. The van der Waals surface area contributed by atoms with Crippen LogP contribution in [0, 0.1) is 12.7 Å². The monoisotopic (exact) mass is 537 g/mol. The molecule has 1 aliphatic heterocycles. The largest absolute Gasteiger partial charge is 0.478 e. The number of carbonyl (C=O) groups is 1. The van der Waals surface area contributed by atoms with Gasteiger partial charge in [-0.25, -0.2) is 9.18 Å². The van der Waals surface area contributed by atoms with E-state index in [4.69, 9.17) is 5.11 Å². The van der Waals surface area contributed by atoms with E-state index in [0.29, 0.717) is 17.0 Å². The number of anilines is 1. The van der Waals surface area contributed by atoms with E-state index in [1.54, 1.807) is 0 Å². The van der Waals surface area contributed by atoms with E-state index >= 15 is 4.39 Å². The Morgan fingerprint density at radius 1 is 1.12 bits per heavy atom. The summed E-state index contributed by atoms with van der Waals surface area (Å²) in [4.78, 5) is 13.4. The lowest BCUT2D eigenvalue weighted by Crippen LogP contribution is -2.43. The van der Waals surface area contributed by atoms with Gasteiger partial charge in [0.15, 0.2) is 0 Å². The molecule has 0 radical (unpaired) electrons. The van der Waals surface area contributed by atoms with Crippen molar-refractivity contribution >= 4 is 17.7 Å². The zero-order valence-electron chi connectivity index (χ0n) is 23.7. The van der Waals surface area contributed by atoms with Crippen molar-refractivity contribution in [3.05, 3.63) is 112 Å². The van der Waals surface area contributed by atoms with Gasteiger partial charge in [0.25, 0.3) is 0 Å². The molecule has 0 aliphatic carbocycles. The molecule has 40 heavy (non-hydrogen) atoms. The number of hydrogen-bond donors (Lipinski definition) is 1. The zero-order chi connectivity index (χ0) is 28.6. The van der Waals surface area contributed by atoms with E-state index in [1.165, 1.54) is 23.3 Å². The summed E-state index contributed by atoms with van der Waals surface area (Å²) in [6, 6.07) is 18.2. The van der Waals surface area contributed by atoms with E-state index in [9.17, 15) is 4.79 Å². The van der Waals surface area contributed by atoms with E-state index in [2.05, 4.69) is 86.4 Å². The molecule has 0 fully saturated rings. The molecule has 1 N–H and O–H groups in total. The third kappa shape index (κ3) is 5.31. The second-order valence-electron chi connectivity index (χ2n) is 11.0. The molecule has 6 heteroatoms. The highest BCUT2D eigenvalue weighted by atomic mass is 19.1. The van der Waals surface area contributed by atoms with Crippen LogP contribution in [0.1, 0.15) is 73.0 Å². The van der Waals surface area contributed by atoms with Gasteiger partial charge in [0.2, 0.25) is 0 Å². The molecular formula is C34H36FN3O2. The Kier molecular flexibility index (Phi) is 7.61. The van der Waals surface area contributed by atoms with Gasteiger partial charge >= 0.3 is 5.97 Å². The highest BCUT2D eigenvalue weighted by Gasteiger charge is 2.36. The second kappa shape index (κ2) is 11.1. The molecular weight excluding hydrogens is 501 g/mol. The second-order valence-corrected chi connectivity index (χ2v) is 11.0. The van der Waals surface area contributed by atoms with Gasteiger partial charge < -0.3 is 10.0 Å². The van der Waals surface area contributed by atoms with Crippen LogP contribution in [0.4, 0.5) is 10.1 Å². The van der Waals surface area contributed by atoms with Crippen LogP contribution in [0.25, 0.3) is 17.2 Å². The van der Waals surface area contributed by atoms with E-state index in [0.717, 1.165) is 47.0 Å². The molecule has 206 valence electrons. The smallest absolute Gasteiger partial charge is 0.328 e. The number of aromatic nitrogens is 2. The van der Waals surface area contributed by atoms with Crippen molar-refractivity contribution in [1.29, 1.82) is 0 Å². The highest BCUT2D eigenvalue weighted by Crippen LogP contribution is 2.44. The van der Waals surface area contributed by atoms with Gasteiger partial charge in [0.05, 0.1) is 12.2 Å². The van der Waals surface area contributed by atoms with Gasteiger partial charge in [-0.3, -0.25) is 4.68 Å². The average Bonchev–Trinajstić information content (AvgIpc) is 3.41. The minimum absolute atomic E-state index is 0.112. The van der Waals surface area contributed by atoms with Gasteiger partial charge in [-0.15, -0.1) is 0 Å². The number of fused-ring (bicyclic) bond motifs is 1. The van der Waals surface area contributed by atoms with Gasteiger partial charge in [-0.1, -0.05) is 50.2 Å². The molecule has 2 heterocycles. The zero-order valence-corrected chi connectivity index (χ0v) is 23.7. The van der Waals surface area contributed by atoms with Gasteiger partial charge in [0.1, 0.15) is 5.82 Å². The molecule has 1 aliphatic rings. The lowest BCUT2D eigenvalue weighted by Gasteiger charge is -2.44. The topological polar surface area (TPSA) is 58.4 Å². The Labute approximate surface area is 235 Å². The summed E-state index contributed by atoms with van der Waals surface area (Å²) < 4.78 is 18.0. The Balaban J connectivity index is 1.66. The number of aliphatic carboxylic acids is 1. The first-order chi connectivity index (χ1) is 19.2. The maximum atomic E-state index is 16.1. The number of carboxylic acid groups (broad SMARTS) is 1. The van der Waals surface area contributed by atoms with Crippen LogP contribution in [-0.2, 0) is 17.8 Å². The first kappa shape index (κ1) is 27.4. The summed E-state index contributed by atoms with van der Waals surface area (Å²) in [7, 11) is 0. The standard InChI is InChI=1S/C34H36FN3O2/c1-6-37-20-28(19-36-37)26-10-13-30-27(18-26)16-23(5)38(29-11-8-25(9-12-29)21(2)3)34(30)33-22(4)15-24(17-31(33)35)7-14-32(39)40/h7-15,17-21,23,34H,6,16H2,1-5H3,(H,39,40)/b14-7+/t23-,34+/m1/s1. The minimum atomic E-state index is -1.06. The normalized spacial score (nSPS) is 17.0. The van der Waals surface area contributed by atoms with Crippen LogP contribution < -0.4 is 4.90 Å². The van der Waals surface area contributed by atoms with Crippen molar-refractivity contribution in [2.24, 2.45) is 0 Å². The van der Waals surface area contributed by atoms with Crippen molar-refractivity contribution in [3.63, 3.8) is 0 Å². The maximum absolute atomic E-state index is 16.1. The third-order valence-corrected chi connectivity index (χ3v) is 7.90. The Morgan fingerprint density at radius 2 is 1.88 bits per heavy atom. The molecule has 0 amide bonds. The fourth-order valence-electron chi connectivity index (χ4n) is 5.86. The number of nitrogens with zero attached hydrogens (tertiary/aromatic N) is 3. The summed E-state index contributed by atoms with van der Waals surface area (Å²) in [5, 5.41) is 13.5. The molecule has 0 spiro atoms. The number of halogens is 1. The van der Waals surface area contributed by atoms with Crippen LogP contribution in [0.5, 0.6) is 0 Å². The summed E-state index contributed by atoms with van der Waals surface area (Å²) >= 11 is 0. The SMILES string of the molecule is CCn1cc(-c2ccc3c(c2)C[C@@H](C)N(c2ccc(C(C)C)cc2)[C@@H]3c2c(C)cc(/C=C/C(=O)O)cc2F)cn1. The van der Waals surface area contributed by atoms with E-state index in [-0.39, 0.29) is 17.9 Å². The first-order valence-electron chi connectivity index (χ1n) is 13.9. The fourth-order valence-corrected chi connectivity index (χ4v) is 5.86. The lowest BCUT2D eigenvalue weighted by molar-refractivity contribution is -0.131. The fraction of sp³-hybridized carbons (Fsp3) is 0.294. The number of aryl methyl sites for hydroxylation is 2. The number of hydrogen-bond acceptors (Lipinski definition) is 3. The van der Waals surface area contributed by atoms with Crippen molar-refractivity contribution in [3.8, 4) is 11.1 Å². The summed E-state index contributed by atoms with van der Waals surface area (Å²) in [5.41, 5.74) is 8.68. The quantitative estimate of drug-likeness (QED) is 0.245. The van der Waals surface area contributed by atoms with Crippen LogP contribution in [0.15, 0.2) is 73.1 Å². The highest BCUT2D eigenvalue weighted by molar-refractivity contribution is 5.85. The molecule has 5 rings (SSSR count). The summed E-state index contributed by atoms with van der Waals surface area (Å²) in [6.07, 6.45) is 7.25. The van der Waals surface area contributed by atoms with E-state index < -0.39 is 5.97 Å². The van der Waals surface area contributed by atoms with Crippen molar-refractivity contribution in [1.82, 2.24) is 9.78 Å². The van der Waals surface area contributed by atoms with Crippen LogP contribution in [0.2, 0.25) is 0 Å². The number of benzene rings is 3. The predicted octanol–water partition coefficient (Wildman–Crippen LogP) is 7.78. The van der Waals surface area contributed by atoms with Crippen LogP contribution >= 0.6 is 0 Å². The van der Waals surface area contributed by atoms with Crippen molar-refractivity contribution in [2.75, 3.05) is 4.90 Å². The lowest BCUT2D eigenvalue weighted by atomic mass is 9.81. The van der Waals surface area contributed by atoms with Crippen LogP contribution in [-0.4, -0.2) is 26.9 Å². The van der Waals surface area contributed by atoms with Crippen molar-refractivity contribution < 1.29 is 14.3 Å². The predicted molar refractivity (Wildman–Crippen MR) is 159 cm³/mol. The number of rotatable bonds is 7. The molecule has 4 aromatic rings. The Hall–Kier alpha value is -4.19. The average molecular weight is 538 g/mol. The molecule has 0 saturated carbocycles. The van der Waals surface area contributed by atoms with Gasteiger partial charge in [0, 0.05) is 41.7 Å². The molecule has 2 atom stereocenters. The molecule has 0 unspecified atom stereocenters. The minimum Gasteiger partial charge on any atom is -0.478 e. The van der Waals surface area contributed by atoms with Gasteiger partial charge in [-0.2, -0.15) is 5.10 Å². The Morgan fingerprint density at radius 3 is 2.50 bits per heavy atom. The van der Waals surface area contributed by atoms with Crippen LogP contribution in [0.3, 0.4) is 0 Å². The maximum Gasteiger partial charge on any atom is 0.328 e. The summed E-state index contributed by atoms with van der Waals surface area (Å²) in [5.74, 6) is -0.980. The molecule has 1 aromatic heterocycles. The van der Waals surface area contributed by atoms with E-state index in [1.807, 2.05) is 23.9 Å². The summed E-state index contributed by atoms with van der Waals surface area (Å²) in [6.45, 7) is 11.3. The number of carboxylic acids is 1. The van der Waals surface area contributed by atoms with Crippen molar-refractivity contribution in [2.45, 2.75) is 65.6 Å².